The van der Waals surface area contributed by atoms with Crippen LogP contribution < -0.4 is 5.73 Å². The lowest BCUT2D eigenvalue weighted by atomic mass is 10.1. The molecule has 6 heteroatoms. The number of carbonyl (C=O) groups is 2. The van der Waals surface area contributed by atoms with Gasteiger partial charge in [0.2, 0.25) is 0 Å². The summed E-state index contributed by atoms with van der Waals surface area (Å²) in [6, 6.07) is 13.4. The molecule has 3 aromatic rings. The minimum Gasteiger partial charge on any atom is -0.339 e. The number of rotatable bonds is 14. The lowest BCUT2D eigenvalue weighted by Crippen LogP contribution is -2.33. The Balaban J connectivity index is 1.97. The highest BCUT2D eigenvalue weighted by Crippen LogP contribution is 2.27. The van der Waals surface area contributed by atoms with Crippen molar-refractivity contribution in [2.75, 3.05) is 19.6 Å². The predicted molar refractivity (Wildman–Crippen MR) is 144 cm³/mol. The minimum atomic E-state index is 0.0405. The van der Waals surface area contributed by atoms with Crippen LogP contribution in [0.3, 0.4) is 0 Å². The normalized spacial score (nSPS) is 11.2. The number of fused-ring (bicyclic) bond motifs is 1. The van der Waals surface area contributed by atoms with Crippen molar-refractivity contribution < 1.29 is 9.59 Å². The Morgan fingerprint density at radius 1 is 0.886 bits per heavy atom. The van der Waals surface area contributed by atoms with Crippen molar-refractivity contribution in [3.05, 3.63) is 53.6 Å². The zero-order valence-corrected chi connectivity index (χ0v) is 21.6. The maximum Gasteiger partial charge on any atom is 0.253 e. The van der Waals surface area contributed by atoms with E-state index in [4.69, 9.17) is 10.7 Å². The van der Waals surface area contributed by atoms with Crippen LogP contribution in [-0.4, -0.2) is 45.8 Å². The number of nitrogens with two attached hydrogens (primary N) is 1. The fraction of sp³-hybridized carbons (Fsp3) is 0.483. The molecule has 3 rings (SSSR count). The Bertz CT molecular complexity index is 1110. The van der Waals surface area contributed by atoms with Gasteiger partial charge in [-0.3, -0.25) is 9.59 Å². The van der Waals surface area contributed by atoms with Crippen LogP contribution in [-0.2, 0) is 6.54 Å². The predicted octanol–water partition coefficient (Wildman–Crippen LogP) is 6.08. The summed E-state index contributed by atoms with van der Waals surface area (Å²) in [5, 5.41) is 0. The summed E-state index contributed by atoms with van der Waals surface area (Å²) >= 11 is 0. The number of Topliss-reactive ketones (excluding diaryl/α,β-unsaturated/α-hetero) is 1. The summed E-state index contributed by atoms with van der Waals surface area (Å²) in [6.45, 7) is 8.83. The van der Waals surface area contributed by atoms with Crippen LogP contribution in [0.1, 0.15) is 86.4 Å². The van der Waals surface area contributed by atoms with Gasteiger partial charge < -0.3 is 15.2 Å². The number of aryl methyl sites for hydroxylation is 1. The summed E-state index contributed by atoms with van der Waals surface area (Å²) in [6.07, 6.45) is 7.42. The number of benzene rings is 2. The highest BCUT2D eigenvalue weighted by molar-refractivity contribution is 5.98. The smallest absolute Gasteiger partial charge is 0.253 e. The first-order valence-electron chi connectivity index (χ1n) is 13.1. The fourth-order valence-corrected chi connectivity index (χ4v) is 4.41. The number of nitrogens with zero attached hydrogens (tertiary/aromatic N) is 3. The van der Waals surface area contributed by atoms with Gasteiger partial charge >= 0.3 is 0 Å². The summed E-state index contributed by atoms with van der Waals surface area (Å²) in [5.41, 5.74) is 9.95. The Kier molecular flexibility index (Phi) is 10.0. The van der Waals surface area contributed by atoms with Crippen molar-refractivity contribution in [3.63, 3.8) is 0 Å². The van der Waals surface area contributed by atoms with E-state index in [1.54, 1.807) is 6.92 Å². The Hall–Kier alpha value is -2.99. The van der Waals surface area contributed by atoms with Crippen molar-refractivity contribution in [1.82, 2.24) is 14.5 Å². The molecule has 0 bridgehead atoms. The van der Waals surface area contributed by atoms with Crippen LogP contribution in [0.5, 0.6) is 0 Å². The monoisotopic (exact) mass is 476 g/mol. The molecule has 2 N–H and O–H groups in total. The number of hydrogen-bond acceptors (Lipinski definition) is 4. The first-order valence-corrected chi connectivity index (χ1v) is 13.1. The van der Waals surface area contributed by atoms with Crippen molar-refractivity contribution in [2.45, 2.75) is 72.3 Å². The number of imidazole rings is 1. The third-order valence-corrected chi connectivity index (χ3v) is 6.48. The first-order chi connectivity index (χ1) is 17.0. The first kappa shape index (κ1) is 26.6. The molecule has 0 saturated carbocycles. The van der Waals surface area contributed by atoms with E-state index in [0.717, 1.165) is 80.5 Å². The highest BCUT2D eigenvalue weighted by atomic mass is 16.2. The molecule has 1 amide bonds. The van der Waals surface area contributed by atoms with Gasteiger partial charge in [0.15, 0.2) is 5.78 Å². The summed E-state index contributed by atoms with van der Waals surface area (Å²) in [4.78, 5) is 32.1. The molecule has 0 radical (unpaired) electrons. The zero-order valence-electron chi connectivity index (χ0n) is 21.6. The number of hydrogen-bond donors (Lipinski definition) is 1. The molecular formula is C29H40N4O2. The van der Waals surface area contributed by atoms with Gasteiger partial charge in [0, 0.05) is 36.3 Å². The Morgan fingerprint density at radius 2 is 1.51 bits per heavy atom. The zero-order chi connectivity index (χ0) is 25.2. The van der Waals surface area contributed by atoms with Crippen molar-refractivity contribution in [1.29, 1.82) is 0 Å². The number of unbranched alkanes of at least 4 members (excludes halogenated alkanes) is 4. The molecule has 35 heavy (non-hydrogen) atoms. The van der Waals surface area contributed by atoms with Gasteiger partial charge in [-0.25, -0.2) is 4.98 Å². The van der Waals surface area contributed by atoms with Crippen LogP contribution in [0.2, 0.25) is 0 Å². The Morgan fingerprint density at radius 3 is 2.09 bits per heavy atom. The van der Waals surface area contributed by atoms with Crippen LogP contribution in [0, 0.1) is 0 Å². The van der Waals surface area contributed by atoms with Gasteiger partial charge in [-0.1, -0.05) is 63.8 Å². The van der Waals surface area contributed by atoms with E-state index in [9.17, 15) is 9.59 Å². The maximum atomic E-state index is 13.5. The van der Waals surface area contributed by atoms with Gasteiger partial charge in [-0.2, -0.15) is 0 Å². The van der Waals surface area contributed by atoms with Gasteiger partial charge in [-0.15, -0.1) is 0 Å². The van der Waals surface area contributed by atoms with E-state index in [0.29, 0.717) is 24.2 Å². The molecule has 2 aromatic carbocycles. The summed E-state index contributed by atoms with van der Waals surface area (Å²) in [7, 11) is 0. The van der Waals surface area contributed by atoms with Crippen LogP contribution in [0.4, 0.5) is 0 Å². The van der Waals surface area contributed by atoms with E-state index in [1.807, 2.05) is 47.4 Å². The highest BCUT2D eigenvalue weighted by Gasteiger charge is 2.19. The topological polar surface area (TPSA) is 81.2 Å². The van der Waals surface area contributed by atoms with Crippen molar-refractivity contribution >= 4 is 22.7 Å². The van der Waals surface area contributed by atoms with Gasteiger partial charge in [0.25, 0.3) is 5.91 Å². The fourth-order valence-electron chi connectivity index (χ4n) is 4.41. The third-order valence-electron chi connectivity index (χ3n) is 6.48. The number of aromatic nitrogens is 2. The number of ketones is 1. The van der Waals surface area contributed by atoms with Crippen molar-refractivity contribution in [3.8, 4) is 11.4 Å². The van der Waals surface area contributed by atoms with Gasteiger partial charge in [0.1, 0.15) is 5.82 Å². The van der Waals surface area contributed by atoms with Gasteiger partial charge in [0.05, 0.1) is 11.0 Å². The summed E-state index contributed by atoms with van der Waals surface area (Å²) in [5.74, 6) is 0.965. The van der Waals surface area contributed by atoms with Gasteiger partial charge in [-0.05, 0) is 50.9 Å². The second-order valence-electron chi connectivity index (χ2n) is 9.27. The van der Waals surface area contributed by atoms with E-state index >= 15 is 0 Å². The second-order valence-corrected chi connectivity index (χ2v) is 9.27. The van der Waals surface area contributed by atoms with E-state index in [2.05, 4.69) is 18.4 Å². The molecule has 0 fully saturated rings. The molecule has 1 heterocycles. The molecule has 0 aliphatic heterocycles. The molecule has 0 aliphatic rings. The van der Waals surface area contributed by atoms with Crippen LogP contribution in [0.15, 0.2) is 42.5 Å². The maximum absolute atomic E-state index is 13.5. The molecule has 6 nitrogen and oxygen atoms in total. The quantitative estimate of drug-likeness (QED) is 0.226. The van der Waals surface area contributed by atoms with E-state index in [1.165, 1.54) is 0 Å². The van der Waals surface area contributed by atoms with Crippen LogP contribution in [0.25, 0.3) is 22.4 Å². The molecule has 1 aromatic heterocycles. The molecule has 0 spiro atoms. The molecule has 0 aliphatic carbocycles. The van der Waals surface area contributed by atoms with Crippen LogP contribution >= 0.6 is 0 Å². The minimum absolute atomic E-state index is 0.0405. The average Bonchev–Trinajstić information content (AvgIpc) is 3.24. The number of carbonyl (C=O) groups excluding carboxylic acids is 2. The second kappa shape index (κ2) is 13.2. The molecule has 0 saturated heterocycles. The van der Waals surface area contributed by atoms with E-state index < -0.39 is 0 Å². The lowest BCUT2D eigenvalue weighted by Gasteiger charge is -2.23. The average molecular weight is 477 g/mol. The van der Waals surface area contributed by atoms with E-state index in [-0.39, 0.29) is 11.7 Å². The summed E-state index contributed by atoms with van der Waals surface area (Å²) < 4.78 is 2.15. The van der Waals surface area contributed by atoms with Crippen molar-refractivity contribution in [2.24, 2.45) is 5.73 Å². The third kappa shape index (κ3) is 6.79. The standard InChI is InChI=1S/C29H40N4O2/c1-4-6-8-18-32(19-9-7-5-2)29(35)25-15-16-26-27(21-25)33(20-10-17-30)28(31-26)24-13-11-23(12-14-24)22(3)34/h11-16,21H,4-10,17-20,30H2,1-3H3. The molecule has 0 unspecified atom stereocenters. The number of amides is 1. The molecule has 188 valence electrons. The molecule has 0 atom stereocenters. The Labute approximate surface area is 209 Å². The molecular weight excluding hydrogens is 436 g/mol. The lowest BCUT2D eigenvalue weighted by molar-refractivity contribution is 0.0749. The largest absolute Gasteiger partial charge is 0.339 e. The SMILES string of the molecule is CCCCCN(CCCCC)C(=O)c1ccc2nc(-c3ccc(C(C)=O)cc3)n(CCCN)c2c1.